The van der Waals surface area contributed by atoms with Crippen molar-refractivity contribution in [2.24, 2.45) is 0 Å². The molecule has 4 aromatic rings. The van der Waals surface area contributed by atoms with Crippen molar-refractivity contribution in [3.8, 4) is 22.3 Å². The summed E-state index contributed by atoms with van der Waals surface area (Å²) in [4.78, 5) is 24.2. The molecule has 6 N–H and O–H groups in total. The van der Waals surface area contributed by atoms with Crippen LogP contribution in [-0.2, 0) is 29.3 Å². The van der Waals surface area contributed by atoms with Crippen LogP contribution in [0.25, 0.3) is 22.3 Å². The summed E-state index contributed by atoms with van der Waals surface area (Å²) in [6.45, 7) is 7.41. The molecule has 7 rings (SSSR count). The minimum atomic E-state index is -3.04. The number of rotatable bonds is 8. The predicted octanol–water partition coefficient (Wildman–Crippen LogP) is 3.91. The van der Waals surface area contributed by atoms with Gasteiger partial charge in [-0.2, -0.15) is 0 Å². The van der Waals surface area contributed by atoms with E-state index in [2.05, 4.69) is 31.6 Å². The number of nitrogen functional groups attached to an aromatic ring is 1. The number of sulfone groups is 2. The standard InChI is InChI=1S/C20H24N4O5S.C15H19N3O3S/c1-11-19(12(2)29-24-11)13-3-4-15(21-14-7-8-30(27,28)10-14)17(9-13)23-20(26)16-5-6-18(25)22-16;1-9-15(10(2)21-18-9)11-3-4-14(13(16)7-11)17-12-5-6-22(19,20)8-12/h3-4,9,14,16,21H,5-8,10H2,1-2H3,(H,22,25)(H,23,26);3-4,7,12,17H,5-6,8,16H2,1-2H3/t14-,16-;12-/m00/s1. The van der Waals surface area contributed by atoms with Crippen LogP contribution in [0.1, 0.15) is 48.6 Å². The fraction of sp³-hybridized carbons (Fsp3) is 0.429. The highest BCUT2D eigenvalue weighted by atomic mass is 32.2. The second-order valence-electron chi connectivity index (χ2n) is 13.6. The second kappa shape index (κ2) is 14.6. The van der Waals surface area contributed by atoms with E-state index in [0.717, 1.165) is 45.1 Å². The minimum absolute atomic E-state index is 0.0602. The number of hydrogen-bond donors (Lipinski definition) is 5. The zero-order valence-electron chi connectivity index (χ0n) is 29.4. The fourth-order valence-electron chi connectivity index (χ4n) is 6.86. The molecule has 2 amide bonds. The normalized spacial score (nSPS) is 21.6. The largest absolute Gasteiger partial charge is 0.397 e. The van der Waals surface area contributed by atoms with Crippen molar-refractivity contribution in [1.82, 2.24) is 15.6 Å². The van der Waals surface area contributed by atoms with Gasteiger partial charge in [-0.3, -0.25) is 9.59 Å². The molecule has 52 heavy (non-hydrogen) atoms. The van der Waals surface area contributed by atoms with Crippen molar-refractivity contribution < 1.29 is 35.5 Å². The van der Waals surface area contributed by atoms with Gasteiger partial charge < -0.3 is 36.0 Å². The van der Waals surface area contributed by atoms with E-state index >= 15 is 0 Å². The lowest BCUT2D eigenvalue weighted by Crippen LogP contribution is -2.37. The molecule has 0 unspecified atom stereocenters. The van der Waals surface area contributed by atoms with Gasteiger partial charge in [0.25, 0.3) is 0 Å². The number of amides is 2. The molecule has 3 aliphatic heterocycles. The van der Waals surface area contributed by atoms with E-state index in [-0.39, 0.29) is 46.9 Å². The highest BCUT2D eigenvalue weighted by Gasteiger charge is 2.31. The lowest BCUT2D eigenvalue weighted by molar-refractivity contribution is -0.122. The van der Waals surface area contributed by atoms with Crippen LogP contribution in [0.2, 0.25) is 0 Å². The van der Waals surface area contributed by atoms with Crippen LogP contribution in [0, 0.1) is 27.7 Å². The second-order valence-corrected chi connectivity index (χ2v) is 18.1. The van der Waals surface area contributed by atoms with E-state index in [1.165, 1.54) is 0 Å². The first-order chi connectivity index (χ1) is 24.6. The molecular weight excluding hydrogens is 711 g/mol. The Hall–Kier alpha value is -4.90. The van der Waals surface area contributed by atoms with Crippen LogP contribution in [0.5, 0.6) is 0 Å². The Morgan fingerprint density at radius 3 is 1.73 bits per heavy atom. The lowest BCUT2D eigenvalue weighted by Gasteiger charge is -2.19. The number of aromatic nitrogens is 2. The summed E-state index contributed by atoms with van der Waals surface area (Å²) in [7, 11) is -5.95. The topological polar surface area (TPSA) is 229 Å². The molecule has 0 bridgehead atoms. The van der Waals surface area contributed by atoms with Gasteiger partial charge in [0.1, 0.15) is 17.6 Å². The van der Waals surface area contributed by atoms with Crippen molar-refractivity contribution >= 4 is 54.2 Å². The Labute approximate surface area is 302 Å². The molecule has 0 saturated carbocycles. The molecule has 2 aromatic carbocycles. The van der Waals surface area contributed by atoms with Crippen LogP contribution in [0.3, 0.4) is 0 Å². The summed E-state index contributed by atoms with van der Waals surface area (Å²) >= 11 is 0. The van der Waals surface area contributed by atoms with Gasteiger partial charge in [0, 0.05) is 29.6 Å². The number of carbonyl (C=O) groups is 2. The summed E-state index contributed by atoms with van der Waals surface area (Å²) in [5.74, 6) is 1.57. The molecule has 0 spiro atoms. The van der Waals surface area contributed by atoms with Crippen molar-refractivity contribution in [3.63, 3.8) is 0 Å². The molecule has 2 aromatic heterocycles. The first kappa shape index (κ1) is 36.9. The molecule has 0 radical (unpaired) electrons. The quantitative estimate of drug-likeness (QED) is 0.161. The Kier molecular flexibility index (Phi) is 10.4. The van der Waals surface area contributed by atoms with Gasteiger partial charge in [-0.25, -0.2) is 16.8 Å². The third-order valence-corrected chi connectivity index (χ3v) is 13.0. The third kappa shape index (κ3) is 8.41. The van der Waals surface area contributed by atoms with Crippen molar-refractivity contribution in [3.05, 3.63) is 59.3 Å². The van der Waals surface area contributed by atoms with E-state index in [1.807, 2.05) is 64.1 Å². The molecule has 3 atom stereocenters. The third-order valence-electron chi connectivity index (χ3n) is 9.47. The van der Waals surface area contributed by atoms with Gasteiger partial charge in [0.15, 0.2) is 19.7 Å². The number of anilines is 4. The number of nitrogens with zero attached hydrogens (tertiary/aromatic N) is 2. The lowest BCUT2D eigenvalue weighted by atomic mass is 10.0. The van der Waals surface area contributed by atoms with Crippen molar-refractivity contribution in [1.29, 1.82) is 0 Å². The molecule has 17 heteroatoms. The van der Waals surface area contributed by atoms with Gasteiger partial charge in [-0.1, -0.05) is 22.4 Å². The maximum atomic E-state index is 12.7. The molecule has 3 fully saturated rings. The van der Waals surface area contributed by atoms with Crippen LogP contribution in [0.4, 0.5) is 22.7 Å². The Morgan fingerprint density at radius 2 is 1.29 bits per heavy atom. The van der Waals surface area contributed by atoms with Gasteiger partial charge in [0.2, 0.25) is 11.8 Å². The fourth-order valence-corrected chi connectivity index (χ4v) is 10.2. The minimum Gasteiger partial charge on any atom is -0.397 e. The van der Waals surface area contributed by atoms with Crippen molar-refractivity contribution in [2.75, 3.05) is 44.7 Å². The Balaban J connectivity index is 0.000000187. The van der Waals surface area contributed by atoms with Gasteiger partial charge in [0.05, 0.1) is 57.1 Å². The highest BCUT2D eigenvalue weighted by molar-refractivity contribution is 7.92. The highest BCUT2D eigenvalue weighted by Crippen LogP contribution is 2.35. The average Bonchev–Trinajstić information content (AvgIpc) is 3.90. The molecule has 3 saturated heterocycles. The Morgan fingerprint density at radius 1 is 0.769 bits per heavy atom. The zero-order valence-corrected chi connectivity index (χ0v) is 31.0. The zero-order chi connectivity index (χ0) is 37.4. The van der Waals surface area contributed by atoms with Crippen LogP contribution < -0.4 is 27.0 Å². The summed E-state index contributed by atoms with van der Waals surface area (Å²) in [5.41, 5.74) is 13.7. The molecular formula is C35H43N7O8S2. The maximum Gasteiger partial charge on any atom is 0.247 e. The first-order valence-corrected chi connectivity index (χ1v) is 20.7. The summed E-state index contributed by atoms with van der Waals surface area (Å²) in [6, 6.07) is 10.3. The van der Waals surface area contributed by atoms with E-state index in [9.17, 15) is 26.4 Å². The molecule has 5 heterocycles. The monoisotopic (exact) mass is 753 g/mol. The van der Waals surface area contributed by atoms with Crippen LogP contribution in [-0.4, -0.2) is 80.1 Å². The summed E-state index contributed by atoms with van der Waals surface area (Å²) in [6.07, 6.45) is 1.90. The first-order valence-electron chi connectivity index (χ1n) is 17.0. The van der Waals surface area contributed by atoms with E-state index in [4.69, 9.17) is 14.8 Å². The number of nitrogens with two attached hydrogens (primary N) is 1. The number of carbonyl (C=O) groups excluding carboxylic acids is 2. The molecule has 3 aliphatic rings. The smallest absolute Gasteiger partial charge is 0.247 e. The molecule has 0 aliphatic carbocycles. The summed E-state index contributed by atoms with van der Waals surface area (Å²) in [5, 5.41) is 20.0. The van der Waals surface area contributed by atoms with Crippen LogP contribution >= 0.6 is 0 Å². The van der Waals surface area contributed by atoms with E-state index in [1.54, 1.807) is 0 Å². The van der Waals surface area contributed by atoms with E-state index < -0.39 is 25.7 Å². The SMILES string of the molecule is Cc1noc(C)c1-c1ccc(N[C@H]2CCS(=O)(=O)C2)c(N)c1.Cc1noc(C)c1-c1ccc(N[C@H]2CCS(=O)(=O)C2)c(NC(=O)[C@@H]2CCC(=O)N2)c1. The Bertz CT molecular complexity index is 2190. The number of nitrogens with one attached hydrogen (secondary N) is 4. The van der Waals surface area contributed by atoms with Crippen molar-refractivity contribution in [2.45, 2.75) is 71.5 Å². The molecule has 278 valence electrons. The van der Waals surface area contributed by atoms with Gasteiger partial charge >= 0.3 is 0 Å². The van der Waals surface area contributed by atoms with Crippen LogP contribution in [0.15, 0.2) is 45.4 Å². The van der Waals surface area contributed by atoms with Gasteiger partial charge in [-0.05, 0) is 82.3 Å². The number of aryl methyl sites for hydroxylation is 4. The number of hydrogen-bond acceptors (Lipinski definition) is 13. The maximum absolute atomic E-state index is 12.7. The van der Waals surface area contributed by atoms with E-state index in [0.29, 0.717) is 48.5 Å². The molecule has 15 nitrogen and oxygen atoms in total. The number of benzene rings is 2. The van der Waals surface area contributed by atoms with Gasteiger partial charge in [-0.15, -0.1) is 0 Å². The average molecular weight is 754 g/mol. The summed E-state index contributed by atoms with van der Waals surface area (Å²) < 4.78 is 57.1. The predicted molar refractivity (Wildman–Crippen MR) is 198 cm³/mol.